The zero-order valence-electron chi connectivity index (χ0n) is 9.58. The van der Waals surface area contributed by atoms with Crippen LogP contribution in [0.25, 0.3) is 0 Å². The first-order chi connectivity index (χ1) is 7.99. The van der Waals surface area contributed by atoms with Gasteiger partial charge in [0.2, 0.25) is 0 Å². The fourth-order valence-corrected chi connectivity index (χ4v) is 1.76. The summed E-state index contributed by atoms with van der Waals surface area (Å²) >= 11 is 5.68. The highest BCUT2D eigenvalue weighted by Gasteiger charge is 2.26. The molecule has 3 nitrogen and oxygen atoms in total. The summed E-state index contributed by atoms with van der Waals surface area (Å²) in [7, 11) is 0. The highest BCUT2D eigenvalue weighted by molar-refractivity contribution is 6.31. The number of hydrogen-bond acceptors (Lipinski definition) is 2. The highest BCUT2D eigenvalue weighted by Crippen LogP contribution is 2.26. The fourth-order valence-electron chi connectivity index (χ4n) is 1.59. The van der Waals surface area contributed by atoms with Crippen molar-refractivity contribution < 1.29 is 9.18 Å². The Morgan fingerprint density at radius 3 is 2.71 bits per heavy atom. The van der Waals surface area contributed by atoms with Crippen LogP contribution < -0.4 is 5.01 Å². The minimum Gasteiger partial charge on any atom is -0.272 e. The Hall–Kier alpha value is -1.42. The van der Waals surface area contributed by atoms with E-state index in [1.165, 1.54) is 23.2 Å². The van der Waals surface area contributed by atoms with Crippen LogP contribution in [0.15, 0.2) is 23.3 Å². The second-order valence-corrected chi connectivity index (χ2v) is 4.63. The van der Waals surface area contributed by atoms with Gasteiger partial charge in [-0.05, 0) is 24.1 Å². The Bertz CT molecular complexity index is 499. The highest BCUT2D eigenvalue weighted by atomic mass is 35.5. The second-order valence-electron chi connectivity index (χ2n) is 4.23. The number of carbonyl (C=O) groups excluding carboxylic acids is 1. The lowest BCUT2D eigenvalue weighted by molar-refractivity contribution is -0.116. The van der Waals surface area contributed by atoms with Crippen LogP contribution in [-0.4, -0.2) is 11.6 Å². The minimum absolute atomic E-state index is 0.0107. The van der Waals surface area contributed by atoms with Crippen molar-refractivity contribution in [1.29, 1.82) is 0 Å². The lowest BCUT2D eigenvalue weighted by atomic mass is 10.1. The summed E-state index contributed by atoms with van der Waals surface area (Å²) in [5.41, 5.74) is 1.33. The van der Waals surface area contributed by atoms with Gasteiger partial charge in [0, 0.05) is 0 Å². The third-order valence-corrected chi connectivity index (χ3v) is 2.90. The number of hydrogen-bond donors (Lipinski definition) is 0. The van der Waals surface area contributed by atoms with Crippen molar-refractivity contribution in [2.24, 2.45) is 11.0 Å². The SMILES string of the molecule is CC(C)C1=NN(c2ccc(F)c(Cl)c2)C(=O)C1. The van der Waals surface area contributed by atoms with Crippen molar-refractivity contribution in [3.8, 4) is 0 Å². The van der Waals surface area contributed by atoms with Crippen LogP contribution in [0.4, 0.5) is 10.1 Å². The molecule has 5 heteroatoms. The third kappa shape index (κ3) is 2.31. The molecule has 1 aliphatic heterocycles. The van der Waals surface area contributed by atoms with Crippen LogP contribution in [0.1, 0.15) is 20.3 Å². The molecular weight excluding hydrogens is 243 g/mol. The smallest absolute Gasteiger partial charge is 0.253 e. The summed E-state index contributed by atoms with van der Waals surface area (Å²) in [5, 5.41) is 5.50. The molecule has 1 aromatic carbocycles. The Morgan fingerprint density at radius 1 is 1.47 bits per heavy atom. The lowest BCUT2D eigenvalue weighted by Crippen LogP contribution is -2.19. The normalized spacial score (nSPS) is 15.7. The molecule has 0 aromatic heterocycles. The molecule has 0 N–H and O–H groups in total. The first kappa shape index (κ1) is 12.0. The van der Waals surface area contributed by atoms with Crippen LogP contribution in [0.5, 0.6) is 0 Å². The van der Waals surface area contributed by atoms with Crippen molar-refractivity contribution >= 4 is 28.9 Å². The molecule has 1 aliphatic rings. The number of rotatable bonds is 2. The van der Waals surface area contributed by atoms with E-state index in [-0.39, 0.29) is 16.8 Å². The fraction of sp³-hybridized carbons (Fsp3) is 0.333. The van der Waals surface area contributed by atoms with E-state index in [0.29, 0.717) is 12.1 Å². The van der Waals surface area contributed by atoms with Crippen LogP contribution in [0.3, 0.4) is 0 Å². The molecule has 0 saturated heterocycles. The van der Waals surface area contributed by atoms with Gasteiger partial charge in [0.1, 0.15) is 5.82 Å². The Kier molecular flexibility index (Phi) is 3.15. The van der Waals surface area contributed by atoms with E-state index >= 15 is 0 Å². The summed E-state index contributed by atoms with van der Waals surface area (Å²) in [4.78, 5) is 11.8. The number of hydrazone groups is 1. The topological polar surface area (TPSA) is 32.7 Å². The predicted molar refractivity (Wildman–Crippen MR) is 65.8 cm³/mol. The maximum Gasteiger partial charge on any atom is 0.253 e. The first-order valence-corrected chi connectivity index (χ1v) is 5.72. The number of halogens is 2. The molecule has 0 fully saturated rings. The van der Waals surface area contributed by atoms with Gasteiger partial charge in [0.15, 0.2) is 0 Å². The maximum absolute atomic E-state index is 13.0. The van der Waals surface area contributed by atoms with Crippen LogP contribution in [0, 0.1) is 11.7 Å². The predicted octanol–water partition coefficient (Wildman–Crippen LogP) is 3.23. The molecule has 0 radical (unpaired) electrons. The molecule has 17 heavy (non-hydrogen) atoms. The second kappa shape index (κ2) is 4.45. The molecule has 0 spiro atoms. The van der Waals surface area contributed by atoms with Gasteiger partial charge in [0.05, 0.1) is 22.8 Å². The van der Waals surface area contributed by atoms with Crippen LogP contribution in [0.2, 0.25) is 5.02 Å². The van der Waals surface area contributed by atoms with Gasteiger partial charge >= 0.3 is 0 Å². The average molecular weight is 255 g/mol. The van der Waals surface area contributed by atoms with Crippen LogP contribution >= 0.6 is 11.6 Å². The zero-order chi connectivity index (χ0) is 12.6. The minimum atomic E-state index is -0.505. The van der Waals surface area contributed by atoms with E-state index in [1.807, 2.05) is 13.8 Å². The van der Waals surface area contributed by atoms with Gasteiger partial charge in [0.25, 0.3) is 5.91 Å². The summed E-state index contributed by atoms with van der Waals surface area (Å²) in [6.45, 7) is 3.96. The molecule has 2 rings (SSSR count). The molecule has 0 unspecified atom stereocenters. The molecule has 1 aromatic rings. The molecule has 1 heterocycles. The standard InChI is InChI=1S/C12H12ClFN2O/c1-7(2)11-6-12(17)16(15-11)8-3-4-10(14)9(13)5-8/h3-5,7H,6H2,1-2H3. The Labute approximate surface area is 104 Å². The van der Waals surface area contributed by atoms with Gasteiger partial charge in [-0.3, -0.25) is 4.79 Å². The average Bonchev–Trinajstić information content (AvgIpc) is 2.65. The molecule has 0 bridgehead atoms. The number of carbonyl (C=O) groups is 1. The van der Waals surface area contributed by atoms with Crippen molar-refractivity contribution in [3.05, 3.63) is 29.0 Å². The van der Waals surface area contributed by atoms with Crippen molar-refractivity contribution in [2.45, 2.75) is 20.3 Å². The van der Waals surface area contributed by atoms with Crippen molar-refractivity contribution in [1.82, 2.24) is 0 Å². The van der Waals surface area contributed by atoms with E-state index in [2.05, 4.69) is 5.10 Å². The van der Waals surface area contributed by atoms with Gasteiger partial charge < -0.3 is 0 Å². The number of nitrogens with zero attached hydrogens (tertiary/aromatic N) is 2. The van der Waals surface area contributed by atoms with E-state index in [9.17, 15) is 9.18 Å². The largest absolute Gasteiger partial charge is 0.272 e. The van der Waals surface area contributed by atoms with E-state index in [0.717, 1.165) is 5.71 Å². The first-order valence-electron chi connectivity index (χ1n) is 5.34. The molecule has 0 aliphatic carbocycles. The Morgan fingerprint density at radius 2 is 2.18 bits per heavy atom. The van der Waals surface area contributed by atoms with Crippen LogP contribution in [-0.2, 0) is 4.79 Å². The molecule has 0 saturated carbocycles. The summed E-state index contributed by atoms with van der Waals surface area (Å²) in [5.74, 6) is -0.397. The number of amides is 1. The van der Waals surface area contributed by atoms with Crippen molar-refractivity contribution in [2.75, 3.05) is 5.01 Å². The monoisotopic (exact) mass is 254 g/mol. The molecule has 1 amide bonds. The van der Waals surface area contributed by atoms with E-state index in [4.69, 9.17) is 11.6 Å². The van der Waals surface area contributed by atoms with E-state index in [1.54, 1.807) is 0 Å². The zero-order valence-corrected chi connectivity index (χ0v) is 10.3. The van der Waals surface area contributed by atoms with Gasteiger partial charge in [-0.2, -0.15) is 5.10 Å². The molecule has 0 atom stereocenters. The summed E-state index contributed by atoms with van der Waals surface area (Å²) in [6.07, 6.45) is 0.312. The summed E-state index contributed by atoms with van der Waals surface area (Å²) < 4.78 is 13.0. The Balaban J connectivity index is 2.34. The van der Waals surface area contributed by atoms with Gasteiger partial charge in [-0.15, -0.1) is 0 Å². The van der Waals surface area contributed by atoms with Gasteiger partial charge in [-0.1, -0.05) is 25.4 Å². The quantitative estimate of drug-likeness (QED) is 0.798. The maximum atomic E-state index is 13.0. The third-order valence-electron chi connectivity index (χ3n) is 2.61. The molecular formula is C12H12ClFN2O. The van der Waals surface area contributed by atoms with Gasteiger partial charge in [-0.25, -0.2) is 9.40 Å². The van der Waals surface area contributed by atoms with Crippen molar-refractivity contribution in [3.63, 3.8) is 0 Å². The number of benzene rings is 1. The summed E-state index contributed by atoms with van der Waals surface area (Å²) in [6, 6.07) is 4.13. The number of anilines is 1. The van der Waals surface area contributed by atoms with E-state index < -0.39 is 5.82 Å². The molecule has 90 valence electrons. The lowest BCUT2D eigenvalue weighted by Gasteiger charge is -2.11.